The highest BCUT2D eigenvalue weighted by Crippen LogP contribution is 2.35. The van der Waals surface area contributed by atoms with Crippen molar-refractivity contribution in [1.82, 2.24) is 4.90 Å². The van der Waals surface area contributed by atoms with Gasteiger partial charge in [0.2, 0.25) is 0 Å². The molecule has 1 aliphatic heterocycles. The minimum absolute atomic E-state index is 0.0472. The lowest BCUT2D eigenvalue weighted by atomic mass is 10.3. The van der Waals surface area contributed by atoms with E-state index in [2.05, 4.69) is 20.9 Å². The quantitative estimate of drug-likeness (QED) is 0.566. The topological polar surface area (TPSA) is 55.0 Å². The number of thioether (sulfide) groups is 1. The van der Waals surface area contributed by atoms with E-state index in [1.165, 1.54) is 11.8 Å². The Morgan fingerprint density at radius 3 is 2.62 bits per heavy atom. The third-order valence-corrected chi connectivity index (χ3v) is 5.01. The van der Waals surface area contributed by atoms with Gasteiger partial charge in [0, 0.05) is 12.6 Å². The van der Waals surface area contributed by atoms with Crippen LogP contribution in [0.15, 0.2) is 55.4 Å². The van der Waals surface area contributed by atoms with E-state index in [-0.39, 0.29) is 5.91 Å². The van der Waals surface area contributed by atoms with Gasteiger partial charge in [0.05, 0.1) is 17.2 Å². The molecule has 0 spiro atoms. The molecule has 1 saturated heterocycles. The van der Waals surface area contributed by atoms with Crippen LogP contribution in [-0.4, -0.2) is 29.1 Å². The number of hydrogen-bond acceptors (Lipinski definition) is 5. The normalized spacial score (nSPS) is 17.5. The first-order chi connectivity index (χ1) is 12.6. The number of furan rings is 1. The Balaban J connectivity index is 1.87. The van der Waals surface area contributed by atoms with Gasteiger partial charge >= 0.3 is 0 Å². The maximum Gasteiger partial charge on any atom is 0.266 e. The number of benzene rings is 1. The third-order valence-electron chi connectivity index (χ3n) is 3.58. The Bertz CT molecular complexity index is 843. The lowest BCUT2D eigenvalue weighted by Crippen LogP contribution is -2.29. The number of hydrogen-bond donors (Lipinski definition) is 0. The Morgan fingerprint density at radius 1 is 1.23 bits per heavy atom. The van der Waals surface area contributed by atoms with Crippen molar-refractivity contribution in [2.45, 2.75) is 20.3 Å². The number of aliphatic imine (C=N–C) groups is 1. The molecule has 7 heteroatoms. The zero-order valence-electron chi connectivity index (χ0n) is 14.6. The number of rotatable bonds is 6. The number of ether oxygens (including phenoxy) is 1. The van der Waals surface area contributed by atoms with Crippen molar-refractivity contribution in [3.63, 3.8) is 0 Å². The van der Waals surface area contributed by atoms with Crippen molar-refractivity contribution in [3.05, 3.63) is 51.7 Å². The molecule has 1 amide bonds. The van der Waals surface area contributed by atoms with Gasteiger partial charge in [-0.15, -0.1) is 0 Å². The van der Waals surface area contributed by atoms with Gasteiger partial charge in [0.15, 0.2) is 9.84 Å². The van der Waals surface area contributed by atoms with Gasteiger partial charge in [0.1, 0.15) is 11.5 Å². The number of nitrogens with zero attached hydrogens (tertiary/aromatic N) is 2. The summed E-state index contributed by atoms with van der Waals surface area (Å²) in [4.78, 5) is 19.7. The predicted molar refractivity (Wildman–Crippen MR) is 109 cm³/mol. The molecule has 1 fully saturated rings. The molecule has 0 saturated carbocycles. The Kier molecular flexibility index (Phi) is 6.21. The molecule has 0 aliphatic carbocycles. The summed E-state index contributed by atoms with van der Waals surface area (Å²) in [5.41, 5.74) is 0.784. The molecular weight excluding hydrogens is 416 g/mol. The maximum absolute atomic E-state index is 12.7. The molecular formula is C19H19BrN2O3S. The summed E-state index contributed by atoms with van der Waals surface area (Å²) in [5.74, 6) is 1.39. The van der Waals surface area contributed by atoms with Crippen molar-refractivity contribution >= 4 is 50.5 Å². The minimum Gasteiger partial charge on any atom is -0.494 e. The minimum atomic E-state index is -0.0472. The lowest BCUT2D eigenvalue weighted by Gasteiger charge is -2.14. The smallest absolute Gasteiger partial charge is 0.266 e. The molecule has 0 bridgehead atoms. The molecule has 136 valence electrons. The molecule has 2 heterocycles. The van der Waals surface area contributed by atoms with Crippen molar-refractivity contribution < 1.29 is 13.9 Å². The van der Waals surface area contributed by atoms with Crippen LogP contribution in [0.25, 0.3) is 6.08 Å². The molecule has 3 rings (SSSR count). The summed E-state index contributed by atoms with van der Waals surface area (Å²) in [5, 5.41) is 0.679. The monoisotopic (exact) mass is 434 g/mol. The molecule has 1 aromatic heterocycles. The van der Waals surface area contributed by atoms with Crippen LogP contribution in [0.5, 0.6) is 5.75 Å². The highest BCUT2D eigenvalue weighted by atomic mass is 79.9. The van der Waals surface area contributed by atoms with E-state index in [9.17, 15) is 4.79 Å². The highest BCUT2D eigenvalue weighted by Gasteiger charge is 2.33. The lowest BCUT2D eigenvalue weighted by molar-refractivity contribution is -0.122. The van der Waals surface area contributed by atoms with E-state index in [4.69, 9.17) is 9.15 Å². The summed E-state index contributed by atoms with van der Waals surface area (Å²) in [6.07, 6.45) is 2.61. The molecule has 1 aromatic carbocycles. The van der Waals surface area contributed by atoms with Crippen LogP contribution in [0.2, 0.25) is 0 Å². The molecule has 1 aliphatic rings. The standard InChI is InChI=1S/C19H19BrN2O3S/c1-3-11-22-18(23)16(12-15-9-10-17(20)25-15)26-19(22)21-13-5-7-14(8-6-13)24-4-2/h5-10,12H,3-4,11H2,1-2H3/b16-12-,21-19?. The number of halogens is 1. The molecule has 5 nitrogen and oxygen atoms in total. The Morgan fingerprint density at radius 2 is 2.00 bits per heavy atom. The van der Waals surface area contributed by atoms with E-state index in [0.29, 0.717) is 33.7 Å². The zero-order valence-corrected chi connectivity index (χ0v) is 17.0. The summed E-state index contributed by atoms with van der Waals surface area (Å²) in [7, 11) is 0. The van der Waals surface area contributed by atoms with Crippen LogP contribution in [0.3, 0.4) is 0 Å². The van der Waals surface area contributed by atoms with Crippen LogP contribution in [-0.2, 0) is 4.79 Å². The average molecular weight is 435 g/mol. The van der Waals surface area contributed by atoms with Crippen molar-refractivity contribution in [3.8, 4) is 5.75 Å². The van der Waals surface area contributed by atoms with Gasteiger partial charge in [-0.1, -0.05) is 6.92 Å². The Labute approximate surface area is 165 Å². The predicted octanol–water partition coefficient (Wildman–Crippen LogP) is 5.45. The van der Waals surface area contributed by atoms with Gasteiger partial charge in [-0.05, 0) is 77.4 Å². The summed E-state index contributed by atoms with van der Waals surface area (Å²) in [6.45, 7) is 5.24. The molecule has 0 N–H and O–H groups in total. The van der Waals surface area contributed by atoms with Crippen LogP contribution in [0.4, 0.5) is 5.69 Å². The van der Waals surface area contributed by atoms with Crippen LogP contribution < -0.4 is 4.74 Å². The van der Waals surface area contributed by atoms with Crippen molar-refractivity contribution in [2.75, 3.05) is 13.2 Å². The fourth-order valence-corrected chi connectivity index (χ4v) is 3.77. The largest absolute Gasteiger partial charge is 0.494 e. The van der Waals surface area contributed by atoms with Gasteiger partial charge in [-0.25, -0.2) is 4.99 Å². The number of amides is 1. The molecule has 0 unspecified atom stereocenters. The second-order valence-electron chi connectivity index (χ2n) is 5.53. The molecule has 26 heavy (non-hydrogen) atoms. The first-order valence-electron chi connectivity index (χ1n) is 8.39. The van der Waals surface area contributed by atoms with Gasteiger partial charge in [-0.3, -0.25) is 9.69 Å². The van der Waals surface area contributed by atoms with Crippen molar-refractivity contribution in [2.24, 2.45) is 4.99 Å². The molecule has 0 atom stereocenters. The maximum atomic E-state index is 12.7. The van der Waals surface area contributed by atoms with Gasteiger partial charge in [-0.2, -0.15) is 0 Å². The van der Waals surface area contributed by atoms with E-state index >= 15 is 0 Å². The highest BCUT2D eigenvalue weighted by molar-refractivity contribution is 9.10. The van der Waals surface area contributed by atoms with Crippen LogP contribution in [0.1, 0.15) is 26.0 Å². The second-order valence-corrected chi connectivity index (χ2v) is 7.32. The summed E-state index contributed by atoms with van der Waals surface area (Å²) < 4.78 is 11.6. The zero-order chi connectivity index (χ0) is 18.5. The van der Waals surface area contributed by atoms with Crippen LogP contribution >= 0.6 is 27.7 Å². The number of carbonyl (C=O) groups is 1. The van der Waals surface area contributed by atoms with Gasteiger partial charge in [0.25, 0.3) is 5.91 Å². The fraction of sp³-hybridized carbons (Fsp3) is 0.263. The molecule has 0 radical (unpaired) electrons. The third kappa shape index (κ3) is 4.40. The van der Waals surface area contributed by atoms with E-state index in [0.717, 1.165) is 17.9 Å². The second kappa shape index (κ2) is 8.60. The van der Waals surface area contributed by atoms with E-state index < -0.39 is 0 Å². The Hall–Kier alpha value is -1.99. The van der Waals surface area contributed by atoms with Crippen LogP contribution in [0, 0.1) is 0 Å². The van der Waals surface area contributed by atoms with E-state index in [1.54, 1.807) is 17.0 Å². The average Bonchev–Trinajstić information content (AvgIpc) is 3.16. The van der Waals surface area contributed by atoms with Crippen molar-refractivity contribution in [1.29, 1.82) is 0 Å². The summed E-state index contributed by atoms with van der Waals surface area (Å²) in [6, 6.07) is 11.2. The van der Waals surface area contributed by atoms with E-state index in [1.807, 2.05) is 44.2 Å². The number of carbonyl (C=O) groups excluding carboxylic acids is 1. The first-order valence-corrected chi connectivity index (χ1v) is 10.00. The van der Waals surface area contributed by atoms with Gasteiger partial charge < -0.3 is 9.15 Å². The SMILES string of the molecule is CCCN1C(=O)/C(=C/c2ccc(Br)o2)SC1=Nc1ccc(OCC)cc1. The summed E-state index contributed by atoms with van der Waals surface area (Å²) >= 11 is 4.64. The number of amidine groups is 1. The first kappa shape index (κ1) is 18.8. The molecule has 2 aromatic rings. The fourth-order valence-electron chi connectivity index (χ4n) is 2.44.